The maximum atomic E-state index is 14.8. The Hall–Kier alpha value is -3.18. The highest BCUT2D eigenvalue weighted by molar-refractivity contribution is 9.09. The molecule has 2 aromatic carbocycles. The van der Waals surface area contributed by atoms with E-state index in [9.17, 15) is 19.5 Å². The SMILES string of the molecule is C=CCN(C(=O)[C@H]1[C@@H]2OC3(CC2Br)C(C(=O)N(CC=C)c2c(C)cccc2Cl)N(CCCO)C(=O)[C@H]13)c1ccc(OCC)cc1. The predicted octanol–water partition coefficient (Wildman–Crippen LogP) is 4.92. The molecule has 0 radical (unpaired) electrons. The number of aliphatic hydroxyl groups is 1. The fourth-order valence-corrected chi connectivity index (χ4v) is 8.49. The lowest BCUT2D eigenvalue weighted by Gasteiger charge is -2.38. The van der Waals surface area contributed by atoms with Gasteiger partial charge >= 0.3 is 0 Å². The topological polar surface area (TPSA) is 99.6 Å². The smallest absolute Gasteiger partial charge is 0.253 e. The highest BCUT2D eigenvalue weighted by Crippen LogP contribution is 2.60. The number of benzene rings is 2. The van der Waals surface area contributed by atoms with E-state index in [2.05, 4.69) is 29.1 Å². The summed E-state index contributed by atoms with van der Waals surface area (Å²) in [5.41, 5.74) is 0.682. The van der Waals surface area contributed by atoms with Crippen molar-refractivity contribution in [1.82, 2.24) is 4.90 Å². The van der Waals surface area contributed by atoms with Crippen molar-refractivity contribution in [2.24, 2.45) is 11.8 Å². The molecule has 3 aliphatic heterocycles. The van der Waals surface area contributed by atoms with E-state index in [0.29, 0.717) is 35.2 Å². The highest BCUT2D eigenvalue weighted by atomic mass is 79.9. The van der Waals surface area contributed by atoms with Crippen molar-refractivity contribution in [2.75, 3.05) is 42.6 Å². The number of aryl methyl sites for hydroxylation is 1. The molecule has 45 heavy (non-hydrogen) atoms. The van der Waals surface area contributed by atoms with E-state index < -0.39 is 29.6 Å². The number of likely N-dealkylation sites (tertiary alicyclic amines) is 1. The minimum atomic E-state index is -1.27. The molecule has 3 saturated heterocycles. The first-order chi connectivity index (χ1) is 21.6. The average Bonchev–Trinajstić information content (AvgIpc) is 3.61. The number of hydrogen-bond acceptors (Lipinski definition) is 6. The van der Waals surface area contributed by atoms with Crippen LogP contribution in [0.5, 0.6) is 5.75 Å². The minimum absolute atomic E-state index is 0.130. The number of hydrogen-bond donors (Lipinski definition) is 1. The quantitative estimate of drug-likeness (QED) is 0.236. The van der Waals surface area contributed by atoms with Crippen LogP contribution in [0.3, 0.4) is 0 Å². The number of alkyl halides is 1. The molecule has 3 fully saturated rings. The van der Waals surface area contributed by atoms with E-state index in [4.69, 9.17) is 21.1 Å². The van der Waals surface area contributed by atoms with E-state index >= 15 is 0 Å². The van der Waals surface area contributed by atoms with Crippen molar-refractivity contribution >= 4 is 56.6 Å². The van der Waals surface area contributed by atoms with Gasteiger partial charge in [0.25, 0.3) is 5.91 Å². The van der Waals surface area contributed by atoms with E-state index in [-0.39, 0.29) is 55.2 Å². The van der Waals surface area contributed by atoms with Crippen LogP contribution in [0.2, 0.25) is 5.02 Å². The predicted molar refractivity (Wildman–Crippen MR) is 178 cm³/mol. The van der Waals surface area contributed by atoms with Crippen molar-refractivity contribution in [3.05, 3.63) is 78.4 Å². The third kappa shape index (κ3) is 5.71. The Kier molecular flexibility index (Phi) is 10.1. The first-order valence-corrected chi connectivity index (χ1v) is 16.5. The summed E-state index contributed by atoms with van der Waals surface area (Å²) in [6.07, 6.45) is 3.24. The number of halogens is 2. The lowest BCUT2D eigenvalue weighted by molar-refractivity contribution is -0.140. The molecule has 0 saturated carbocycles. The van der Waals surface area contributed by atoms with E-state index in [0.717, 1.165) is 5.56 Å². The summed E-state index contributed by atoms with van der Waals surface area (Å²) in [4.78, 5) is 48.1. The van der Waals surface area contributed by atoms with Crippen LogP contribution in [0, 0.1) is 18.8 Å². The fourth-order valence-electron chi connectivity index (χ4n) is 7.23. The zero-order valence-corrected chi connectivity index (χ0v) is 27.9. The Labute approximate surface area is 277 Å². The van der Waals surface area contributed by atoms with Crippen molar-refractivity contribution in [3.63, 3.8) is 0 Å². The molecule has 6 atom stereocenters. The molecule has 3 amide bonds. The largest absolute Gasteiger partial charge is 0.494 e. The van der Waals surface area contributed by atoms with Crippen LogP contribution in [-0.2, 0) is 19.1 Å². The van der Waals surface area contributed by atoms with Crippen molar-refractivity contribution < 1.29 is 29.0 Å². The number of rotatable bonds is 13. The molecule has 0 aromatic heterocycles. The number of nitrogens with zero attached hydrogens (tertiary/aromatic N) is 3. The van der Waals surface area contributed by atoms with Crippen LogP contribution in [0.1, 0.15) is 25.3 Å². The second-order valence-corrected chi connectivity index (χ2v) is 13.2. The van der Waals surface area contributed by atoms with Crippen LogP contribution in [0.15, 0.2) is 67.8 Å². The van der Waals surface area contributed by atoms with Gasteiger partial charge in [-0.2, -0.15) is 0 Å². The number of fused-ring (bicyclic) bond motifs is 1. The lowest BCUT2D eigenvalue weighted by Crippen LogP contribution is -2.57. The van der Waals surface area contributed by atoms with Gasteiger partial charge in [0.15, 0.2) is 0 Å². The molecule has 11 heteroatoms. The maximum Gasteiger partial charge on any atom is 0.253 e. The van der Waals surface area contributed by atoms with Gasteiger partial charge in [-0.3, -0.25) is 14.4 Å². The van der Waals surface area contributed by atoms with Crippen molar-refractivity contribution in [3.8, 4) is 5.75 Å². The molecule has 3 aliphatic rings. The Balaban J connectivity index is 1.57. The number of carbonyl (C=O) groups excluding carboxylic acids is 3. The van der Waals surface area contributed by atoms with E-state index in [1.807, 2.05) is 26.0 Å². The number of anilines is 2. The molecular weight excluding hydrogens is 662 g/mol. The maximum absolute atomic E-state index is 14.8. The van der Waals surface area contributed by atoms with Crippen LogP contribution in [0.4, 0.5) is 11.4 Å². The Morgan fingerprint density at radius 2 is 1.84 bits per heavy atom. The van der Waals surface area contributed by atoms with Crippen LogP contribution in [-0.4, -0.2) is 83.2 Å². The molecule has 2 aromatic rings. The summed E-state index contributed by atoms with van der Waals surface area (Å²) in [5.74, 6) is -2.06. The van der Waals surface area contributed by atoms with Gasteiger partial charge in [0, 0.05) is 36.8 Å². The third-order valence-electron chi connectivity index (χ3n) is 8.94. The molecule has 240 valence electrons. The first kappa shape index (κ1) is 33.2. The second kappa shape index (κ2) is 13.7. The molecule has 1 N–H and O–H groups in total. The standard InChI is InChI=1S/C34H39BrClN3O6/c1-5-16-37(22-12-14-23(15-13-22)44-7-3)31(41)26-27-32(42)39(18-9-19-40)30(34(27)20-24(35)29(26)45-34)33(43)38(17-6-2)28-21(4)10-8-11-25(28)36/h5-6,8,10-15,24,26-27,29-30,40H,1-2,7,9,16-20H2,3-4H3/t24?,26-,27+,29-,30?,34?/m1/s1. The monoisotopic (exact) mass is 699 g/mol. The number of aliphatic hydroxyl groups excluding tert-OH is 1. The van der Waals surface area contributed by atoms with Gasteiger partial charge in [0.1, 0.15) is 17.4 Å². The fraction of sp³-hybridized carbons (Fsp3) is 0.441. The Morgan fingerprint density at radius 3 is 2.47 bits per heavy atom. The summed E-state index contributed by atoms with van der Waals surface area (Å²) in [6, 6.07) is 11.5. The zero-order chi connectivity index (χ0) is 32.5. The summed E-state index contributed by atoms with van der Waals surface area (Å²) < 4.78 is 12.3. The third-order valence-corrected chi connectivity index (χ3v) is 10.1. The van der Waals surface area contributed by atoms with Crippen LogP contribution >= 0.6 is 27.5 Å². The first-order valence-electron chi connectivity index (χ1n) is 15.2. The lowest BCUT2D eigenvalue weighted by atomic mass is 9.70. The van der Waals surface area contributed by atoms with Crippen LogP contribution < -0.4 is 14.5 Å². The Bertz CT molecular complexity index is 1450. The van der Waals surface area contributed by atoms with Crippen LogP contribution in [0.25, 0.3) is 0 Å². The van der Waals surface area contributed by atoms with Gasteiger partial charge in [-0.25, -0.2) is 0 Å². The average molecular weight is 701 g/mol. The van der Waals surface area contributed by atoms with Gasteiger partial charge in [-0.15, -0.1) is 13.2 Å². The molecule has 9 nitrogen and oxygen atoms in total. The molecule has 0 aliphatic carbocycles. The molecule has 5 rings (SSSR count). The molecule has 1 spiro atoms. The zero-order valence-electron chi connectivity index (χ0n) is 25.5. The summed E-state index contributed by atoms with van der Waals surface area (Å²) in [7, 11) is 0. The van der Waals surface area contributed by atoms with E-state index in [1.54, 1.807) is 52.3 Å². The summed E-state index contributed by atoms with van der Waals surface area (Å²) in [5, 5.41) is 10.1. The van der Waals surface area contributed by atoms with Gasteiger partial charge in [0.05, 0.1) is 35.3 Å². The summed E-state index contributed by atoms with van der Waals surface area (Å²) in [6.45, 7) is 12.3. The number of ether oxygens (including phenoxy) is 2. The molecule has 3 heterocycles. The summed E-state index contributed by atoms with van der Waals surface area (Å²) >= 11 is 10.4. The number of amides is 3. The van der Waals surface area contributed by atoms with Crippen molar-refractivity contribution in [1.29, 1.82) is 0 Å². The van der Waals surface area contributed by atoms with Crippen molar-refractivity contribution in [2.45, 2.75) is 49.3 Å². The van der Waals surface area contributed by atoms with E-state index in [1.165, 1.54) is 4.90 Å². The van der Waals surface area contributed by atoms with Gasteiger partial charge in [0.2, 0.25) is 11.8 Å². The number of carbonyl (C=O) groups is 3. The molecule has 3 unspecified atom stereocenters. The normalized spacial score (nSPS) is 26.5. The highest BCUT2D eigenvalue weighted by Gasteiger charge is 2.77. The minimum Gasteiger partial charge on any atom is -0.494 e. The van der Waals surface area contributed by atoms with Gasteiger partial charge < -0.3 is 29.3 Å². The number of para-hydroxylation sites is 1. The van der Waals surface area contributed by atoms with Gasteiger partial charge in [-0.05, 0) is 62.6 Å². The molecule has 2 bridgehead atoms. The second-order valence-electron chi connectivity index (χ2n) is 11.6. The van der Waals surface area contributed by atoms with Gasteiger partial charge in [-0.1, -0.05) is 51.8 Å². The molecular formula is C34H39BrClN3O6. The Morgan fingerprint density at radius 1 is 1.16 bits per heavy atom.